The molecule has 0 unspecified atom stereocenters. The summed E-state index contributed by atoms with van der Waals surface area (Å²) in [6.45, 7) is 1.27. The minimum atomic E-state index is -0.979. The monoisotopic (exact) mass is 371 g/mol. The number of benzene rings is 2. The molecule has 0 saturated carbocycles. The molecule has 1 aliphatic heterocycles. The molecule has 2 aromatic carbocycles. The summed E-state index contributed by atoms with van der Waals surface area (Å²) in [7, 11) is 0. The average Bonchev–Trinajstić information content (AvgIpc) is 2.68. The number of hydrogen-bond acceptors (Lipinski definition) is 3. The zero-order valence-electron chi connectivity index (χ0n) is 14.9. The average molecular weight is 371 g/mol. The van der Waals surface area contributed by atoms with Crippen molar-refractivity contribution in [1.29, 1.82) is 0 Å². The maximum atomic E-state index is 13.7. The number of carboxylic acids is 1. The Morgan fingerprint density at radius 3 is 2.56 bits per heavy atom. The molecule has 0 aromatic heterocycles. The molecule has 3 rings (SSSR count). The van der Waals surface area contributed by atoms with Gasteiger partial charge in [0.25, 0.3) is 0 Å². The highest BCUT2D eigenvalue weighted by Gasteiger charge is 2.41. The number of nitrogens with one attached hydrogen (secondary N) is 1. The lowest BCUT2D eigenvalue weighted by Gasteiger charge is -2.36. The van der Waals surface area contributed by atoms with Crippen LogP contribution in [0.3, 0.4) is 0 Å². The third-order valence-corrected chi connectivity index (χ3v) is 5.03. The van der Waals surface area contributed by atoms with Crippen LogP contribution in [0.1, 0.15) is 34.3 Å². The van der Waals surface area contributed by atoms with Crippen LogP contribution in [0.5, 0.6) is 0 Å². The number of rotatable bonds is 6. The summed E-state index contributed by atoms with van der Waals surface area (Å²) in [5, 5.41) is 12.0. The van der Waals surface area contributed by atoms with E-state index < -0.39 is 11.4 Å². The Labute approximate surface area is 157 Å². The van der Waals surface area contributed by atoms with Gasteiger partial charge in [0.1, 0.15) is 5.82 Å². The number of carbonyl (C=O) groups excluding carboxylic acids is 1. The van der Waals surface area contributed by atoms with Crippen molar-refractivity contribution < 1.29 is 23.8 Å². The van der Waals surface area contributed by atoms with Crippen LogP contribution in [0.4, 0.5) is 4.39 Å². The standard InChI is InChI=1S/C21H22FNO4/c22-18-6-2-5-17(14-18)21(8-11-27-12-9-21)20(26)23-10-7-15-3-1-4-16(13-15)19(24)25/h1-6,13-14H,7-12H2,(H,23,26)(H,24,25). The van der Waals surface area contributed by atoms with Crippen molar-refractivity contribution in [2.75, 3.05) is 19.8 Å². The van der Waals surface area contributed by atoms with E-state index in [1.54, 1.807) is 24.3 Å². The number of hydrogen-bond donors (Lipinski definition) is 2. The first kappa shape index (κ1) is 19.0. The number of aromatic carboxylic acids is 1. The number of carboxylic acid groups (broad SMARTS) is 1. The van der Waals surface area contributed by atoms with Gasteiger partial charge in [-0.25, -0.2) is 9.18 Å². The summed E-state index contributed by atoms with van der Waals surface area (Å²) >= 11 is 0. The van der Waals surface area contributed by atoms with Gasteiger partial charge in [0.05, 0.1) is 11.0 Å². The minimum absolute atomic E-state index is 0.147. The van der Waals surface area contributed by atoms with E-state index in [1.807, 2.05) is 6.07 Å². The first-order valence-corrected chi connectivity index (χ1v) is 8.96. The molecule has 1 heterocycles. The van der Waals surface area contributed by atoms with Crippen molar-refractivity contribution in [3.63, 3.8) is 0 Å². The molecule has 27 heavy (non-hydrogen) atoms. The van der Waals surface area contributed by atoms with Gasteiger partial charge in [-0.2, -0.15) is 0 Å². The molecule has 1 saturated heterocycles. The minimum Gasteiger partial charge on any atom is -0.478 e. The fourth-order valence-electron chi connectivity index (χ4n) is 3.50. The van der Waals surface area contributed by atoms with Crippen LogP contribution < -0.4 is 5.32 Å². The SMILES string of the molecule is O=C(O)c1cccc(CCNC(=O)C2(c3cccc(F)c3)CCOCC2)c1. The number of amides is 1. The molecule has 142 valence electrons. The number of carbonyl (C=O) groups is 2. The topological polar surface area (TPSA) is 75.6 Å². The van der Waals surface area contributed by atoms with Gasteiger partial charge < -0.3 is 15.2 Å². The summed E-state index contributed by atoms with van der Waals surface area (Å²) < 4.78 is 19.1. The van der Waals surface area contributed by atoms with Crippen LogP contribution in [-0.2, 0) is 21.4 Å². The molecule has 0 bridgehead atoms. The van der Waals surface area contributed by atoms with Crippen molar-refractivity contribution >= 4 is 11.9 Å². The smallest absolute Gasteiger partial charge is 0.335 e. The fraction of sp³-hybridized carbons (Fsp3) is 0.333. The first-order valence-electron chi connectivity index (χ1n) is 8.96. The molecule has 0 radical (unpaired) electrons. The van der Waals surface area contributed by atoms with Crippen LogP contribution >= 0.6 is 0 Å². The summed E-state index contributed by atoms with van der Waals surface area (Å²) in [5.74, 6) is -1.49. The second kappa shape index (κ2) is 8.31. The van der Waals surface area contributed by atoms with Crippen LogP contribution in [0.15, 0.2) is 48.5 Å². The van der Waals surface area contributed by atoms with Gasteiger partial charge in [-0.1, -0.05) is 24.3 Å². The lowest BCUT2D eigenvalue weighted by molar-refractivity contribution is -0.130. The van der Waals surface area contributed by atoms with Crippen molar-refractivity contribution in [3.8, 4) is 0 Å². The Kier molecular flexibility index (Phi) is 5.86. The molecular weight excluding hydrogens is 349 g/mol. The van der Waals surface area contributed by atoms with Crippen LogP contribution in [0.2, 0.25) is 0 Å². The summed E-state index contributed by atoms with van der Waals surface area (Å²) in [6.07, 6.45) is 1.51. The highest BCUT2D eigenvalue weighted by Crippen LogP contribution is 2.35. The summed E-state index contributed by atoms with van der Waals surface area (Å²) in [4.78, 5) is 24.1. The van der Waals surface area contributed by atoms with Crippen molar-refractivity contribution in [3.05, 3.63) is 71.0 Å². The molecule has 1 fully saturated rings. The van der Waals surface area contributed by atoms with Crippen molar-refractivity contribution in [1.82, 2.24) is 5.32 Å². The molecule has 6 heteroatoms. The van der Waals surface area contributed by atoms with Gasteiger partial charge in [0.2, 0.25) is 5.91 Å². The van der Waals surface area contributed by atoms with E-state index in [0.29, 0.717) is 44.6 Å². The highest BCUT2D eigenvalue weighted by atomic mass is 19.1. The van der Waals surface area contributed by atoms with E-state index in [1.165, 1.54) is 18.2 Å². The molecule has 1 amide bonds. The second-order valence-corrected chi connectivity index (χ2v) is 6.72. The number of halogens is 1. The summed E-state index contributed by atoms with van der Waals surface area (Å²) in [5.41, 5.74) is 0.918. The van der Waals surface area contributed by atoms with E-state index in [4.69, 9.17) is 9.84 Å². The molecule has 5 nitrogen and oxygen atoms in total. The lowest BCUT2D eigenvalue weighted by Crippen LogP contribution is -2.48. The van der Waals surface area contributed by atoms with E-state index in [9.17, 15) is 14.0 Å². The quantitative estimate of drug-likeness (QED) is 0.819. The van der Waals surface area contributed by atoms with Crippen LogP contribution in [0, 0.1) is 5.82 Å². The van der Waals surface area contributed by atoms with Gasteiger partial charge in [0.15, 0.2) is 0 Å². The largest absolute Gasteiger partial charge is 0.478 e. The van der Waals surface area contributed by atoms with Crippen LogP contribution in [0.25, 0.3) is 0 Å². The van der Waals surface area contributed by atoms with Crippen molar-refractivity contribution in [2.24, 2.45) is 0 Å². The zero-order valence-corrected chi connectivity index (χ0v) is 14.9. The van der Waals surface area contributed by atoms with E-state index in [-0.39, 0.29) is 17.3 Å². The van der Waals surface area contributed by atoms with E-state index >= 15 is 0 Å². The predicted octanol–water partition coefficient (Wildman–Crippen LogP) is 2.93. The van der Waals surface area contributed by atoms with Gasteiger partial charge in [0, 0.05) is 19.8 Å². The summed E-state index contributed by atoms with van der Waals surface area (Å²) in [6, 6.07) is 12.8. The second-order valence-electron chi connectivity index (χ2n) is 6.72. The molecule has 0 spiro atoms. The lowest BCUT2D eigenvalue weighted by atomic mass is 9.73. The maximum Gasteiger partial charge on any atom is 0.335 e. The van der Waals surface area contributed by atoms with Crippen LogP contribution in [-0.4, -0.2) is 36.7 Å². The Morgan fingerprint density at radius 1 is 1.11 bits per heavy atom. The van der Waals surface area contributed by atoms with Gasteiger partial charge >= 0.3 is 5.97 Å². The molecule has 2 aromatic rings. The molecule has 2 N–H and O–H groups in total. The zero-order chi connectivity index (χ0) is 19.3. The molecule has 0 atom stereocenters. The van der Waals surface area contributed by atoms with Crippen molar-refractivity contribution in [2.45, 2.75) is 24.7 Å². The third kappa shape index (κ3) is 4.34. The van der Waals surface area contributed by atoms with E-state index in [0.717, 1.165) is 5.56 Å². The highest BCUT2D eigenvalue weighted by molar-refractivity contribution is 5.88. The molecule has 1 aliphatic rings. The third-order valence-electron chi connectivity index (χ3n) is 5.03. The van der Waals surface area contributed by atoms with Gasteiger partial charge in [-0.3, -0.25) is 4.79 Å². The molecule has 0 aliphatic carbocycles. The van der Waals surface area contributed by atoms with Gasteiger partial charge in [-0.15, -0.1) is 0 Å². The Bertz CT molecular complexity index is 830. The Hall–Kier alpha value is -2.73. The Morgan fingerprint density at radius 2 is 1.85 bits per heavy atom. The first-order chi connectivity index (χ1) is 13.0. The predicted molar refractivity (Wildman–Crippen MR) is 98.2 cm³/mol. The number of ether oxygens (including phenoxy) is 1. The molecular formula is C21H22FNO4. The Balaban J connectivity index is 1.70. The maximum absolute atomic E-state index is 13.7. The fourth-order valence-corrected chi connectivity index (χ4v) is 3.50. The van der Waals surface area contributed by atoms with Gasteiger partial charge in [-0.05, 0) is 54.7 Å². The van der Waals surface area contributed by atoms with E-state index in [2.05, 4.69) is 5.32 Å². The normalized spacial score (nSPS) is 15.9.